The zero-order valence-electron chi connectivity index (χ0n) is 8.34. The maximum absolute atomic E-state index is 11.3. The van der Waals surface area contributed by atoms with Crippen LogP contribution in [0.5, 0.6) is 0 Å². The molecule has 2 N–H and O–H groups in total. The van der Waals surface area contributed by atoms with Crippen LogP contribution in [0.2, 0.25) is 0 Å². The first-order chi connectivity index (χ1) is 6.63. The van der Waals surface area contributed by atoms with Crippen molar-refractivity contribution in [2.24, 2.45) is 0 Å². The van der Waals surface area contributed by atoms with Crippen molar-refractivity contribution in [1.82, 2.24) is 4.90 Å². The molecule has 1 amide bonds. The van der Waals surface area contributed by atoms with Crippen LogP contribution in [0.3, 0.4) is 0 Å². The van der Waals surface area contributed by atoms with Crippen LogP contribution in [0, 0.1) is 0 Å². The van der Waals surface area contributed by atoms with Crippen molar-refractivity contribution in [1.29, 1.82) is 0 Å². The molecule has 0 fully saturated rings. The van der Waals surface area contributed by atoms with Crippen molar-refractivity contribution in [3.05, 3.63) is 35.9 Å². The highest BCUT2D eigenvalue weighted by atomic mass is 16.4. The average molecular weight is 195 g/mol. The number of carbonyl (C=O) groups excluding carboxylic acids is 1. The molecule has 14 heavy (non-hydrogen) atoms. The Morgan fingerprint density at radius 3 is 2.00 bits per heavy atom. The zero-order valence-corrected chi connectivity index (χ0v) is 8.34. The van der Waals surface area contributed by atoms with E-state index in [1.54, 1.807) is 19.0 Å². The molecule has 0 spiro atoms. The van der Waals surface area contributed by atoms with Crippen LogP contribution < -0.4 is 0 Å². The lowest BCUT2D eigenvalue weighted by Crippen LogP contribution is -2.21. The molecule has 0 bridgehead atoms. The number of carbonyl (C=O) groups is 1. The van der Waals surface area contributed by atoms with Crippen molar-refractivity contribution in [3.8, 4) is 0 Å². The molecule has 0 saturated heterocycles. The molecule has 1 rings (SSSR count). The molecule has 0 atom stereocenters. The molecule has 0 radical (unpaired) electrons. The Kier molecular flexibility index (Phi) is 6.44. The summed E-state index contributed by atoms with van der Waals surface area (Å²) in [5, 5.41) is 14.2. The Hall–Kier alpha value is -1.33. The second kappa shape index (κ2) is 7.11. The summed E-state index contributed by atoms with van der Waals surface area (Å²) in [6.07, 6.45) is 0. The number of benzene rings is 1. The number of amides is 1. The summed E-state index contributed by atoms with van der Waals surface area (Å²) < 4.78 is 0. The van der Waals surface area contributed by atoms with Gasteiger partial charge in [-0.15, -0.1) is 0 Å². The summed E-state index contributed by atoms with van der Waals surface area (Å²) >= 11 is 0. The van der Waals surface area contributed by atoms with E-state index < -0.39 is 7.69 Å². The number of hydrogen-bond donors (Lipinski definition) is 2. The molecule has 0 aliphatic carbocycles. The summed E-state index contributed by atoms with van der Waals surface area (Å²) in [5.74, 6) is 0.0469. The van der Waals surface area contributed by atoms with Gasteiger partial charge in [0.25, 0.3) is 5.91 Å². The van der Waals surface area contributed by atoms with E-state index >= 15 is 0 Å². The van der Waals surface area contributed by atoms with E-state index in [1.807, 2.05) is 30.3 Å². The van der Waals surface area contributed by atoms with Gasteiger partial charge in [-0.05, 0) is 12.1 Å². The Morgan fingerprint density at radius 2 is 1.64 bits per heavy atom. The van der Waals surface area contributed by atoms with Crippen molar-refractivity contribution in [2.75, 3.05) is 14.1 Å². The lowest BCUT2D eigenvalue weighted by atomic mass is 10.2. The Labute approximate surface area is 84.1 Å². The topological polar surface area (TPSA) is 60.8 Å². The van der Waals surface area contributed by atoms with Crippen molar-refractivity contribution in [2.45, 2.75) is 0 Å². The molecule has 76 valence electrons. The summed E-state index contributed by atoms with van der Waals surface area (Å²) in [7, 11) is 2.74. The number of nitrogens with zero attached hydrogens (tertiary/aromatic N) is 1. The molecular weight excluding hydrogens is 181 g/mol. The first kappa shape index (κ1) is 12.7. The normalized spacial score (nSPS) is 8.29. The fraction of sp³-hybridized carbons (Fsp3) is 0.222. The average Bonchev–Trinajstić information content (AvgIpc) is 2.19. The van der Waals surface area contributed by atoms with E-state index in [0.717, 1.165) is 5.56 Å². The van der Waals surface area contributed by atoms with Crippen molar-refractivity contribution < 1.29 is 14.8 Å². The van der Waals surface area contributed by atoms with E-state index in [9.17, 15) is 4.79 Å². The molecule has 0 saturated carbocycles. The molecule has 0 aliphatic heterocycles. The third-order valence-corrected chi connectivity index (χ3v) is 1.43. The molecule has 1 aromatic carbocycles. The fourth-order valence-electron chi connectivity index (χ4n) is 0.839. The van der Waals surface area contributed by atoms with E-state index in [2.05, 4.69) is 0 Å². The third kappa shape index (κ3) is 4.64. The minimum absolute atomic E-state index is 0.0469. The van der Waals surface area contributed by atoms with Gasteiger partial charge in [-0.3, -0.25) is 4.79 Å². The molecule has 4 nitrogen and oxygen atoms in total. The van der Waals surface area contributed by atoms with Gasteiger partial charge in [0.05, 0.1) is 0 Å². The summed E-state index contributed by atoms with van der Waals surface area (Å²) in [6.45, 7) is 0. The van der Waals surface area contributed by atoms with Gasteiger partial charge in [0, 0.05) is 19.7 Å². The maximum Gasteiger partial charge on any atom is 0.432 e. The van der Waals surface area contributed by atoms with Gasteiger partial charge in [0.2, 0.25) is 0 Å². The third-order valence-electron chi connectivity index (χ3n) is 1.43. The van der Waals surface area contributed by atoms with Crippen LogP contribution in [0.1, 0.15) is 10.4 Å². The van der Waals surface area contributed by atoms with E-state index in [-0.39, 0.29) is 5.91 Å². The van der Waals surface area contributed by atoms with Gasteiger partial charge in [-0.1, -0.05) is 18.2 Å². The Morgan fingerprint density at radius 1 is 1.21 bits per heavy atom. The second-order valence-electron chi connectivity index (χ2n) is 2.71. The highest BCUT2D eigenvalue weighted by Gasteiger charge is 2.04. The predicted octanol–water partition coefficient (Wildman–Crippen LogP) is -0.374. The van der Waals surface area contributed by atoms with Crippen LogP contribution in [0.4, 0.5) is 0 Å². The van der Waals surface area contributed by atoms with Gasteiger partial charge in [0.15, 0.2) is 0 Å². The molecule has 0 aliphatic rings. The first-order valence-corrected chi connectivity index (χ1v) is 4.12. The standard InChI is InChI=1S/C9H11NO.BH3O2/c1-10(2)9(11)8-6-4-3-5-7-8;2-1-3/h3-7H,1-2H3;1-3H. The molecule has 0 aromatic heterocycles. The van der Waals surface area contributed by atoms with E-state index in [1.165, 1.54) is 0 Å². The Balaban J connectivity index is 0.000000500. The molecular formula is C9H14BNO3. The van der Waals surface area contributed by atoms with Crippen LogP contribution in [0.25, 0.3) is 0 Å². The minimum atomic E-state index is -0.750. The van der Waals surface area contributed by atoms with Crippen LogP contribution in [-0.4, -0.2) is 42.6 Å². The summed E-state index contributed by atoms with van der Waals surface area (Å²) in [5.41, 5.74) is 0.734. The smallest absolute Gasteiger partial charge is 0.430 e. The second-order valence-corrected chi connectivity index (χ2v) is 2.71. The number of rotatable bonds is 1. The van der Waals surface area contributed by atoms with Gasteiger partial charge >= 0.3 is 7.69 Å². The summed E-state index contributed by atoms with van der Waals surface area (Å²) in [4.78, 5) is 12.8. The van der Waals surface area contributed by atoms with E-state index in [0.29, 0.717) is 0 Å². The quantitative estimate of drug-likeness (QED) is 0.600. The largest absolute Gasteiger partial charge is 0.432 e. The van der Waals surface area contributed by atoms with Gasteiger partial charge in [0.1, 0.15) is 0 Å². The lowest BCUT2D eigenvalue weighted by molar-refractivity contribution is 0.0827. The lowest BCUT2D eigenvalue weighted by Gasteiger charge is -2.08. The fourth-order valence-corrected chi connectivity index (χ4v) is 0.839. The number of hydrogen-bond acceptors (Lipinski definition) is 3. The summed E-state index contributed by atoms with van der Waals surface area (Å²) in [6, 6.07) is 9.23. The highest BCUT2D eigenvalue weighted by Crippen LogP contribution is 2.00. The van der Waals surface area contributed by atoms with E-state index in [4.69, 9.17) is 10.0 Å². The van der Waals surface area contributed by atoms with Crippen LogP contribution in [-0.2, 0) is 0 Å². The maximum atomic E-state index is 11.3. The van der Waals surface area contributed by atoms with Gasteiger partial charge in [-0.2, -0.15) is 0 Å². The zero-order chi connectivity index (χ0) is 11.0. The van der Waals surface area contributed by atoms with Crippen LogP contribution >= 0.6 is 0 Å². The SMILES string of the molecule is CN(C)C(=O)c1ccccc1.OBO. The van der Waals surface area contributed by atoms with Crippen molar-refractivity contribution in [3.63, 3.8) is 0 Å². The predicted molar refractivity (Wildman–Crippen MR) is 56.0 cm³/mol. The molecule has 0 unspecified atom stereocenters. The van der Waals surface area contributed by atoms with Crippen molar-refractivity contribution >= 4 is 13.6 Å². The van der Waals surface area contributed by atoms with Gasteiger partial charge < -0.3 is 14.9 Å². The minimum Gasteiger partial charge on any atom is -0.430 e. The van der Waals surface area contributed by atoms with Crippen LogP contribution in [0.15, 0.2) is 30.3 Å². The molecule has 0 heterocycles. The monoisotopic (exact) mass is 195 g/mol. The van der Waals surface area contributed by atoms with Gasteiger partial charge in [-0.25, -0.2) is 0 Å². The molecule has 5 heteroatoms. The molecule has 1 aromatic rings. The highest BCUT2D eigenvalue weighted by molar-refractivity contribution is 6.13. The Bertz CT molecular complexity index is 264. The first-order valence-electron chi connectivity index (χ1n) is 4.12.